The molecule has 9 nitrogen and oxygen atoms in total. The summed E-state index contributed by atoms with van der Waals surface area (Å²) in [4.78, 5) is 41.1. The number of ether oxygens (including phenoxy) is 5. The Bertz CT molecular complexity index is 1400. The van der Waals surface area contributed by atoms with Crippen LogP contribution in [-0.4, -0.2) is 54.6 Å². The highest BCUT2D eigenvalue weighted by molar-refractivity contribution is 5.89. The fourth-order valence-corrected chi connectivity index (χ4v) is 3.75. The van der Waals surface area contributed by atoms with Crippen LogP contribution in [0.15, 0.2) is 96.0 Å². The van der Waals surface area contributed by atoms with Crippen molar-refractivity contribution >= 4 is 29.3 Å². The Hall–Kier alpha value is -4.55. The van der Waals surface area contributed by atoms with Crippen molar-refractivity contribution in [3.05, 3.63) is 102 Å². The van der Waals surface area contributed by atoms with Gasteiger partial charge in [0.25, 0.3) is 12.2 Å². The number of benzene rings is 3. The van der Waals surface area contributed by atoms with Crippen molar-refractivity contribution in [2.75, 3.05) is 0 Å². The largest absolute Gasteiger partial charge is 0.468 e. The summed E-state index contributed by atoms with van der Waals surface area (Å²) >= 11 is 0. The molecule has 0 aliphatic rings. The first-order valence-electron chi connectivity index (χ1n) is 14.1. The molecule has 0 amide bonds. The Balaban J connectivity index is 2.08. The molecule has 0 aliphatic carbocycles. The average molecular weight is 630 g/mol. The van der Waals surface area contributed by atoms with Crippen LogP contribution in [0.5, 0.6) is 0 Å². The minimum atomic E-state index is -5.09. The van der Waals surface area contributed by atoms with Gasteiger partial charge in [-0.2, -0.15) is 13.2 Å². The molecule has 0 spiro atoms. The summed E-state index contributed by atoms with van der Waals surface area (Å²) in [5.41, 5.74) is 0.599. The van der Waals surface area contributed by atoms with Crippen molar-refractivity contribution in [3.63, 3.8) is 0 Å². The zero-order valence-corrected chi connectivity index (χ0v) is 24.9. The number of nitrogens with zero attached hydrogens (tertiary/aromatic N) is 1. The second-order valence-corrected chi connectivity index (χ2v) is 10.0. The van der Waals surface area contributed by atoms with Gasteiger partial charge >= 0.3 is 18.1 Å². The van der Waals surface area contributed by atoms with Gasteiger partial charge in [-0.05, 0) is 50.6 Å². The van der Waals surface area contributed by atoms with Crippen LogP contribution in [0.2, 0.25) is 0 Å². The second kappa shape index (κ2) is 17.1. The highest BCUT2D eigenvalue weighted by atomic mass is 19.4. The molecule has 0 radical (unpaired) electrons. The number of esters is 2. The molecule has 3 rings (SSSR count). The summed E-state index contributed by atoms with van der Waals surface area (Å²) in [7, 11) is 0. The van der Waals surface area contributed by atoms with E-state index in [0.29, 0.717) is 5.56 Å². The van der Waals surface area contributed by atoms with Crippen LogP contribution in [0.25, 0.3) is 0 Å². The molecule has 0 bridgehead atoms. The highest BCUT2D eigenvalue weighted by Gasteiger charge is 2.45. The average Bonchev–Trinajstić information content (AvgIpc) is 3.00. The predicted octanol–water partition coefficient (Wildman–Crippen LogP) is 6.73. The van der Waals surface area contributed by atoms with Gasteiger partial charge in [0.2, 0.25) is 6.29 Å². The van der Waals surface area contributed by atoms with E-state index in [0.717, 1.165) is 0 Å². The lowest BCUT2D eigenvalue weighted by atomic mass is 10.2. The molecule has 0 N–H and O–H groups in total. The van der Waals surface area contributed by atoms with E-state index in [1.165, 1.54) is 57.2 Å². The first kappa shape index (κ1) is 34.9. The lowest BCUT2D eigenvalue weighted by molar-refractivity contribution is -0.263. The number of hydrogen-bond acceptors (Lipinski definition) is 9. The molecule has 0 aliphatic heterocycles. The van der Waals surface area contributed by atoms with Crippen LogP contribution in [0, 0.1) is 0 Å². The van der Waals surface area contributed by atoms with Crippen LogP contribution < -0.4 is 0 Å². The smallest absolute Gasteiger partial charge is 0.441 e. The molecule has 1 unspecified atom stereocenters. The number of aliphatic imine (C=N–C) groups is 1. The minimum Gasteiger partial charge on any atom is -0.441 e. The fourth-order valence-electron chi connectivity index (χ4n) is 3.75. The monoisotopic (exact) mass is 629 g/mol. The Labute approximate surface area is 258 Å². The standard InChI is InChI=1S/C33H34F3NO8/c1-22(2)42-30(45-32(33(34,35)36)37-26-17-11-6-12-18-26)28(41-21-24-13-7-4-8-14-24)31(43-27(39)20-19-23(3)38)44-29(40)25-15-9-5-10-16-25/h4-18,22,28,30-31H,19-21H2,1-3H3/t28?,30-,31+/m0/s1. The molecule has 3 aromatic rings. The van der Waals surface area contributed by atoms with E-state index >= 15 is 0 Å². The maximum atomic E-state index is 14.3. The first-order chi connectivity index (χ1) is 21.4. The van der Waals surface area contributed by atoms with E-state index in [1.807, 2.05) is 0 Å². The molecule has 0 aromatic heterocycles. The third-order valence-electron chi connectivity index (χ3n) is 5.85. The van der Waals surface area contributed by atoms with Crippen LogP contribution in [0.1, 0.15) is 49.5 Å². The zero-order valence-electron chi connectivity index (χ0n) is 24.9. The lowest BCUT2D eigenvalue weighted by Crippen LogP contribution is -2.49. The molecular weight excluding hydrogens is 595 g/mol. The van der Waals surface area contributed by atoms with Gasteiger partial charge in [0, 0.05) is 6.42 Å². The Morgan fingerprint density at radius 1 is 0.756 bits per heavy atom. The molecule has 3 aromatic carbocycles. The number of hydrogen-bond donors (Lipinski definition) is 0. The van der Waals surface area contributed by atoms with E-state index in [4.69, 9.17) is 23.7 Å². The van der Waals surface area contributed by atoms with Gasteiger partial charge in [-0.25, -0.2) is 9.79 Å². The van der Waals surface area contributed by atoms with Gasteiger partial charge in [0.15, 0.2) is 6.10 Å². The van der Waals surface area contributed by atoms with Crippen molar-refractivity contribution < 1.29 is 51.2 Å². The van der Waals surface area contributed by atoms with Crippen LogP contribution >= 0.6 is 0 Å². The minimum absolute atomic E-state index is 0.0578. The van der Waals surface area contributed by atoms with Gasteiger partial charge < -0.3 is 28.5 Å². The third kappa shape index (κ3) is 12.2. The van der Waals surface area contributed by atoms with E-state index in [2.05, 4.69) is 4.99 Å². The van der Waals surface area contributed by atoms with Gasteiger partial charge in [0.1, 0.15) is 5.78 Å². The number of Topliss-reactive ketones (excluding diaryl/α,β-unsaturated/α-hetero) is 1. The summed E-state index contributed by atoms with van der Waals surface area (Å²) in [5, 5.41) is 0. The Kier molecular flexibility index (Phi) is 13.3. The number of para-hydroxylation sites is 1. The number of halogens is 3. The molecular formula is C33H34F3NO8. The van der Waals surface area contributed by atoms with Gasteiger partial charge in [0.05, 0.1) is 30.4 Å². The zero-order chi connectivity index (χ0) is 32.8. The number of rotatable bonds is 15. The van der Waals surface area contributed by atoms with Crippen molar-refractivity contribution in [3.8, 4) is 0 Å². The number of alkyl halides is 3. The number of ketones is 1. The Morgan fingerprint density at radius 3 is 1.89 bits per heavy atom. The van der Waals surface area contributed by atoms with Gasteiger partial charge in [-0.1, -0.05) is 66.7 Å². The van der Waals surface area contributed by atoms with Crippen LogP contribution in [-0.2, 0) is 39.9 Å². The third-order valence-corrected chi connectivity index (χ3v) is 5.85. The van der Waals surface area contributed by atoms with E-state index < -0.39 is 48.8 Å². The lowest BCUT2D eigenvalue weighted by Gasteiger charge is -2.33. The van der Waals surface area contributed by atoms with Crippen LogP contribution in [0.4, 0.5) is 18.9 Å². The molecule has 0 saturated heterocycles. The van der Waals surface area contributed by atoms with E-state index in [9.17, 15) is 27.6 Å². The van der Waals surface area contributed by atoms with Gasteiger partial charge in [-0.15, -0.1) is 0 Å². The van der Waals surface area contributed by atoms with E-state index in [-0.39, 0.29) is 36.5 Å². The first-order valence-corrected chi connectivity index (χ1v) is 14.1. The van der Waals surface area contributed by atoms with Crippen molar-refractivity contribution in [2.24, 2.45) is 4.99 Å². The molecule has 0 heterocycles. The van der Waals surface area contributed by atoms with Gasteiger partial charge in [-0.3, -0.25) is 4.79 Å². The molecule has 12 heteroatoms. The summed E-state index contributed by atoms with van der Waals surface area (Å²) in [6.07, 6.45) is -12.1. The molecule has 0 saturated carbocycles. The second-order valence-electron chi connectivity index (χ2n) is 10.0. The number of carbonyl (C=O) groups excluding carboxylic acids is 3. The maximum Gasteiger partial charge on any atom is 0.468 e. The Morgan fingerprint density at radius 2 is 1.33 bits per heavy atom. The summed E-state index contributed by atoms with van der Waals surface area (Å²) in [6, 6.07) is 23.5. The van der Waals surface area contributed by atoms with Crippen molar-refractivity contribution in [1.29, 1.82) is 0 Å². The fraction of sp³-hybridized carbons (Fsp3) is 0.333. The normalized spacial score (nSPS) is 13.9. The highest BCUT2D eigenvalue weighted by Crippen LogP contribution is 2.27. The summed E-state index contributed by atoms with van der Waals surface area (Å²) < 4.78 is 70.9. The SMILES string of the molecule is CC(=O)CCC(=O)O[C@H](OC(=O)c1ccccc1)C(OCc1ccccc1)[C@H](OC(=Nc1ccccc1)C(F)(F)F)OC(C)C. The molecule has 240 valence electrons. The van der Waals surface area contributed by atoms with Crippen molar-refractivity contribution in [2.45, 2.75) is 71.2 Å². The predicted molar refractivity (Wildman–Crippen MR) is 157 cm³/mol. The molecule has 0 fully saturated rings. The summed E-state index contributed by atoms with van der Waals surface area (Å²) in [5.74, 6) is -3.92. The van der Waals surface area contributed by atoms with E-state index in [1.54, 1.807) is 54.6 Å². The molecule has 45 heavy (non-hydrogen) atoms. The topological polar surface area (TPSA) is 110 Å². The maximum absolute atomic E-state index is 14.3. The molecule has 3 atom stereocenters. The quantitative estimate of drug-likeness (QED) is 0.0788. The van der Waals surface area contributed by atoms with Crippen molar-refractivity contribution in [1.82, 2.24) is 0 Å². The summed E-state index contributed by atoms with van der Waals surface area (Å²) in [6.45, 7) is 4.12. The van der Waals surface area contributed by atoms with Crippen LogP contribution in [0.3, 0.4) is 0 Å². The number of carbonyl (C=O) groups is 3.